The summed E-state index contributed by atoms with van der Waals surface area (Å²) in [6.07, 6.45) is 14.9. The van der Waals surface area contributed by atoms with Crippen molar-refractivity contribution >= 4 is 0 Å². The van der Waals surface area contributed by atoms with E-state index in [1.165, 1.54) is 69.2 Å². The van der Waals surface area contributed by atoms with Gasteiger partial charge in [0.05, 0.1) is 19.6 Å². The van der Waals surface area contributed by atoms with Crippen LogP contribution >= 0.6 is 0 Å². The Balaban J connectivity index is 3.65. The monoisotopic (exact) mass is 344 g/mol. The molecule has 144 valence electrons. The number of hydrazine groups is 1. The average Bonchev–Trinajstić information content (AvgIpc) is 2.60. The van der Waals surface area contributed by atoms with E-state index in [1.54, 1.807) is 0 Å². The highest BCUT2D eigenvalue weighted by molar-refractivity contribution is 4.49. The Bertz CT molecular complexity index is 288. The van der Waals surface area contributed by atoms with Gasteiger partial charge in [0, 0.05) is 4.97 Å². The zero-order valence-electron chi connectivity index (χ0n) is 16.0. The molecule has 0 aliphatic carbocycles. The van der Waals surface area contributed by atoms with Crippen LogP contribution in [0.3, 0.4) is 0 Å². The first-order chi connectivity index (χ1) is 11.8. The molecule has 6 heteroatoms. The molecule has 0 aliphatic rings. The minimum Gasteiger partial charge on any atom is -0.737 e. The Kier molecular flexibility index (Phi) is 17.5. The average molecular weight is 345 g/mol. The summed E-state index contributed by atoms with van der Waals surface area (Å²) in [6.45, 7) is 7.61. The van der Waals surface area contributed by atoms with E-state index in [4.69, 9.17) is 0 Å². The van der Waals surface area contributed by atoms with Crippen LogP contribution in [0.15, 0.2) is 5.28 Å². The Morgan fingerprint density at radius 1 is 0.750 bits per heavy atom. The van der Waals surface area contributed by atoms with Crippen LogP contribution < -0.4 is 5.32 Å². The van der Waals surface area contributed by atoms with Crippen molar-refractivity contribution in [2.45, 2.75) is 90.9 Å². The van der Waals surface area contributed by atoms with Crippen LogP contribution in [-0.2, 0) is 0 Å². The van der Waals surface area contributed by atoms with E-state index in [2.05, 4.69) is 24.4 Å². The molecule has 0 aromatic carbocycles. The third kappa shape index (κ3) is 14.5. The smallest absolute Gasteiger partial charge is 0.126 e. The van der Waals surface area contributed by atoms with E-state index in [-0.39, 0.29) is 4.97 Å². The van der Waals surface area contributed by atoms with Gasteiger partial charge in [-0.15, -0.1) is 5.01 Å². The first-order valence-electron chi connectivity index (χ1n) is 10.1. The summed E-state index contributed by atoms with van der Waals surface area (Å²) < 4.78 is 0. The zero-order chi connectivity index (χ0) is 17.9. The Morgan fingerprint density at radius 3 is 1.88 bits per heavy atom. The highest BCUT2D eigenvalue weighted by Gasteiger charge is 2.11. The van der Waals surface area contributed by atoms with Crippen LogP contribution in [0.25, 0.3) is 0 Å². The van der Waals surface area contributed by atoms with Crippen LogP contribution in [0.2, 0.25) is 0 Å². The first kappa shape index (κ1) is 23.0. The van der Waals surface area contributed by atoms with Gasteiger partial charge in [0.1, 0.15) is 6.54 Å². The number of quaternary nitrogens is 1. The Labute approximate surface area is 148 Å². The summed E-state index contributed by atoms with van der Waals surface area (Å²) in [5.41, 5.74) is 0. The molecule has 24 heavy (non-hydrogen) atoms. The van der Waals surface area contributed by atoms with Crippen LogP contribution in [0, 0.1) is 10.4 Å². The van der Waals surface area contributed by atoms with Gasteiger partial charge in [-0.2, -0.15) is 0 Å². The molecule has 0 saturated heterocycles. The SMILES string of the molecule is CCCCCCCC[NH2+]CCN(CCCCCCCC)/[N+]([O-])=N/[O-]. The fourth-order valence-electron chi connectivity index (χ4n) is 2.86. The number of hydrogen-bond acceptors (Lipinski definition) is 3. The van der Waals surface area contributed by atoms with Crippen molar-refractivity contribution < 1.29 is 10.3 Å². The molecule has 0 saturated carbocycles. The minimum atomic E-state index is 0.227. The molecule has 0 aromatic rings. The molecular weight excluding hydrogens is 304 g/mol. The highest BCUT2D eigenvalue weighted by Crippen LogP contribution is 2.06. The van der Waals surface area contributed by atoms with Crippen molar-refractivity contribution in [1.29, 1.82) is 0 Å². The van der Waals surface area contributed by atoms with Gasteiger partial charge in [0.15, 0.2) is 0 Å². The lowest BCUT2D eigenvalue weighted by Crippen LogP contribution is -2.85. The van der Waals surface area contributed by atoms with Gasteiger partial charge in [-0.05, 0) is 24.5 Å². The molecule has 0 fully saturated rings. The molecule has 0 aliphatic heterocycles. The third-order valence-corrected chi connectivity index (χ3v) is 4.43. The largest absolute Gasteiger partial charge is 0.737 e. The van der Waals surface area contributed by atoms with E-state index in [1.807, 2.05) is 0 Å². The van der Waals surface area contributed by atoms with Crippen molar-refractivity contribution in [2.75, 3.05) is 26.2 Å². The molecule has 0 rings (SSSR count). The molecule has 0 spiro atoms. The predicted octanol–water partition coefficient (Wildman–Crippen LogP) is 3.95. The van der Waals surface area contributed by atoms with Gasteiger partial charge in [-0.1, -0.05) is 71.6 Å². The second-order valence-corrected chi connectivity index (χ2v) is 6.69. The Morgan fingerprint density at radius 2 is 1.29 bits per heavy atom. The maximum absolute atomic E-state index is 11.5. The topological polar surface area (TPSA) is 81.3 Å². The first-order valence-corrected chi connectivity index (χ1v) is 10.1. The standard InChI is InChI=1S/C18H40N4O2/c1-3-5-7-9-11-13-15-19-16-18-21(22(24)20-23)17-14-12-10-8-6-4-2/h19,23H,3-18H2,1-2H3/b22-20-. The molecule has 0 unspecified atom stereocenters. The molecule has 2 N–H and O–H groups in total. The van der Waals surface area contributed by atoms with E-state index >= 15 is 0 Å². The van der Waals surface area contributed by atoms with Gasteiger partial charge in [0.2, 0.25) is 0 Å². The maximum Gasteiger partial charge on any atom is 0.126 e. The number of unbranched alkanes of at least 4 members (excludes halogenated alkanes) is 10. The maximum atomic E-state index is 11.5. The van der Waals surface area contributed by atoms with E-state index in [9.17, 15) is 10.4 Å². The second-order valence-electron chi connectivity index (χ2n) is 6.69. The van der Waals surface area contributed by atoms with Crippen LogP contribution in [0.1, 0.15) is 90.9 Å². The second kappa shape index (κ2) is 18.3. The third-order valence-electron chi connectivity index (χ3n) is 4.43. The van der Waals surface area contributed by atoms with Crippen LogP contribution in [-0.4, -0.2) is 36.2 Å². The van der Waals surface area contributed by atoms with E-state index < -0.39 is 0 Å². The number of rotatable bonds is 18. The van der Waals surface area contributed by atoms with Crippen LogP contribution in [0.4, 0.5) is 0 Å². The molecule has 0 radical (unpaired) electrons. The summed E-state index contributed by atoms with van der Waals surface area (Å²) >= 11 is 0. The van der Waals surface area contributed by atoms with Gasteiger partial charge in [-0.25, -0.2) is 0 Å². The van der Waals surface area contributed by atoms with Crippen molar-refractivity contribution in [1.82, 2.24) is 5.01 Å². The van der Waals surface area contributed by atoms with Gasteiger partial charge >= 0.3 is 0 Å². The lowest BCUT2D eigenvalue weighted by atomic mass is 10.1. The molecule has 0 aromatic heterocycles. The number of nitrogens with two attached hydrogens (primary N) is 1. The normalized spacial score (nSPS) is 11.8. The minimum absolute atomic E-state index is 0.227. The van der Waals surface area contributed by atoms with E-state index in [0.29, 0.717) is 13.1 Å². The fraction of sp³-hybridized carbons (Fsp3) is 1.00. The lowest BCUT2D eigenvalue weighted by molar-refractivity contribution is -0.711. The highest BCUT2D eigenvalue weighted by atomic mass is 16.6. The van der Waals surface area contributed by atoms with Crippen molar-refractivity contribution in [3.8, 4) is 0 Å². The molecular formula is C18H40N4O2. The molecule has 0 bridgehead atoms. The fourth-order valence-corrected chi connectivity index (χ4v) is 2.86. The van der Waals surface area contributed by atoms with Gasteiger partial charge in [0.25, 0.3) is 0 Å². The van der Waals surface area contributed by atoms with Crippen molar-refractivity contribution in [2.24, 2.45) is 5.28 Å². The van der Waals surface area contributed by atoms with Crippen molar-refractivity contribution in [3.05, 3.63) is 10.4 Å². The quantitative estimate of drug-likeness (QED) is 0.177. The summed E-state index contributed by atoms with van der Waals surface area (Å²) in [5.74, 6) is 0. The number of nitrogens with zero attached hydrogens (tertiary/aromatic N) is 3. The molecule has 0 amide bonds. The van der Waals surface area contributed by atoms with Gasteiger partial charge in [-0.3, -0.25) is 0 Å². The number of hydrogen-bond donors (Lipinski definition) is 1. The van der Waals surface area contributed by atoms with Gasteiger partial charge < -0.3 is 15.7 Å². The molecule has 0 atom stereocenters. The van der Waals surface area contributed by atoms with Crippen molar-refractivity contribution in [3.63, 3.8) is 0 Å². The Hall–Kier alpha value is -1.04. The van der Waals surface area contributed by atoms with E-state index in [0.717, 1.165) is 25.9 Å². The van der Waals surface area contributed by atoms with Crippen LogP contribution in [0.5, 0.6) is 0 Å². The summed E-state index contributed by atoms with van der Waals surface area (Å²) in [5, 5.41) is 28.3. The summed E-state index contributed by atoms with van der Waals surface area (Å²) in [6, 6.07) is 0. The lowest BCUT2D eigenvalue weighted by Gasteiger charge is -2.18. The zero-order valence-corrected chi connectivity index (χ0v) is 16.0. The summed E-state index contributed by atoms with van der Waals surface area (Å²) in [7, 11) is 0. The molecule has 6 nitrogen and oxygen atoms in total. The summed E-state index contributed by atoms with van der Waals surface area (Å²) in [4.78, 5) is 0.227. The predicted molar refractivity (Wildman–Crippen MR) is 99.4 cm³/mol. The molecule has 0 heterocycles.